The van der Waals surface area contributed by atoms with E-state index in [4.69, 9.17) is 0 Å². The molecule has 0 bridgehead atoms. The normalized spacial score (nSPS) is 19.8. The Morgan fingerprint density at radius 3 is 2.48 bits per heavy atom. The van der Waals surface area contributed by atoms with Crippen molar-refractivity contribution in [3.05, 3.63) is 35.4 Å². The molecule has 1 heterocycles. The standard InChI is InChI=1S/C19H32N2/c1-5-19(6-2)12-13-21(15-19)14-18(20-7-3)17-11-9-8-10-16(17)4/h8-11,18,20H,5-7,12-15H2,1-4H3. The molecule has 0 amide bonds. The molecule has 1 N–H and O–H groups in total. The van der Waals surface area contributed by atoms with Crippen molar-refractivity contribution in [2.75, 3.05) is 26.2 Å². The molecule has 1 aliphatic rings. The van der Waals surface area contributed by atoms with Crippen molar-refractivity contribution in [2.24, 2.45) is 5.41 Å². The first kappa shape index (κ1) is 16.5. The van der Waals surface area contributed by atoms with E-state index < -0.39 is 0 Å². The van der Waals surface area contributed by atoms with Crippen LogP contribution in [-0.2, 0) is 0 Å². The highest BCUT2D eigenvalue weighted by molar-refractivity contribution is 5.29. The summed E-state index contributed by atoms with van der Waals surface area (Å²) in [4.78, 5) is 2.67. The van der Waals surface area contributed by atoms with Crippen molar-refractivity contribution < 1.29 is 0 Å². The highest BCUT2D eigenvalue weighted by Crippen LogP contribution is 2.37. The molecular weight excluding hydrogens is 256 g/mol. The second-order valence-corrected chi connectivity index (χ2v) is 6.66. The molecule has 2 heteroatoms. The second kappa shape index (κ2) is 7.42. The Balaban J connectivity index is 2.06. The summed E-state index contributed by atoms with van der Waals surface area (Å²) in [6.07, 6.45) is 4.00. The van der Waals surface area contributed by atoms with Gasteiger partial charge >= 0.3 is 0 Å². The van der Waals surface area contributed by atoms with E-state index in [0.717, 1.165) is 13.1 Å². The minimum Gasteiger partial charge on any atom is -0.309 e. The van der Waals surface area contributed by atoms with E-state index in [9.17, 15) is 0 Å². The SMILES string of the molecule is CCNC(CN1CCC(CC)(CC)C1)c1ccccc1C. The number of likely N-dealkylation sites (tertiary alicyclic amines) is 1. The third kappa shape index (κ3) is 3.87. The number of nitrogens with one attached hydrogen (secondary N) is 1. The molecule has 1 saturated heterocycles. The first-order valence-electron chi connectivity index (χ1n) is 8.65. The first-order chi connectivity index (χ1) is 10.1. The largest absolute Gasteiger partial charge is 0.309 e. The van der Waals surface area contributed by atoms with Gasteiger partial charge in [0, 0.05) is 19.1 Å². The van der Waals surface area contributed by atoms with Crippen LogP contribution in [0.3, 0.4) is 0 Å². The molecule has 1 aromatic carbocycles. The lowest BCUT2D eigenvalue weighted by atomic mass is 9.82. The van der Waals surface area contributed by atoms with Crippen LogP contribution in [0.15, 0.2) is 24.3 Å². The first-order valence-corrected chi connectivity index (χ1v) is 8.65. The van der Waals surface area contributed by atoms with E-state index in [2.05, 4.69) is 62.2 Å². The van der Waals surface area contributed by atoms with Gasteiger partial charge in [-0.1, -0.05) is 45.0 Å². The minimum absolute atomic E-state index is 0.459. The van der Waals surface area contributed by atoms with E-state index in [-0.39, 0.29) is 0 Å². The van der Waals surface area contributed by atoms with Crippen molar-refractivity contribution >= 4 is 0 Å². The lowest BCUT2D eigenvalue weighted by Crippen LogP contribution is -2.35. The summed E-state index contributed by atoms with van der Waals surface area (Å²) in [5.41, 5.74) is 3.44. The smallest absolute Gasteiger partial charge is 0.0451 e. The van der Waals surface area contributed by atoms with E-state index in [1.807, 2.05) is 0 Å². The molecule has 0 aliphatic carbocycles. The molecule has 1 aliphatic heterocycles. The van der Waals surface area contributed by atoms with Gasteiger partial charge in [0.2, 0.25) is 0 Å². The summed E-state index contributed by atoms with van der Waals surface area (Å²) in [5, 5.41) is 3.69. The molecule has 0 spiro atoms. The quantitative estimate of drug-likeness (QED) is 0.810. The van der Waals surface area contributed by atoms with Gasteiger partial charge in [0.05, 0.1) is 0 Å². The van der Waals surface area contributed by atoms with Crippen LogP contribution in [-0.4, -0.2) is 31.1 Å². The Labute approximate surface area is 130 Å². The van der Waals surface area contributed by atoms with Crippen molar-refractivity contribution in [3.63, 3.8) is 0 Å². The maximum atomic E-state index is 3.69. The summed E-state index contributed by atoms with van der Waals surface area (Å²) >= 11 is 0. The van der Waals surface area contributed by atoms with Gasteiger partial charge in [0.1, 0.15) is 0 Å². The van der Waals surface area contributed by atoms with Gasteiger partial charge in [-0.2, -0.15) is 0 Å². The fourth-order valence-corrected chi connectivity index (χ4v) is 3.77. The summed E-state index contributed by atoms with van der Waals surface area (Å²) in [6, 6.07) is 9.27. The van der Waals surface area contributed by atoms with E-state index >= 15 is 0 Å². The van der Waals surface area contributed by atoms with Gasteiger partial charge in [0.25, 0.3) is 0 Å². The van der Waals surface area contributed by atoms with Gasteiger partial charge in [-0.3, -0.25) is 0 Å². The van der Waals surface area contributed by atoms with Crippen LogP contribution < -0.4 is 5.32 Å². The molecular formula is C19H32N2. The third-order valence-corrected chi connectivity index (χ3v) is 5.47. The van der Waals surface area contributed by atoms with Gasteiger partial charge < -0.3 is 10.2 Å². The third-order valence-electron chi connectivity index (χ3n) is 5.47. The number of hydrogen-bond donors (Lipinski definition) is 1. The number of aryl methyl sites for hydroxylation is 1. The molecule has 21 heavy (non-hydrogen) atoms. The maximum absolute atomic E-state index is 3.69. The molecule has 118 valence electrons. The van der Waals surface area contributed by atoms with Crippen LogP contribution in [0.25, 0.3) is 0 Å². The molecule has 1 atom stereocenters. The van der Waals surface area contributed by atoms with E-state index in [1.165, 1.54) is 43.5 Å². The number of nitrogens with zero attached hydrogens (tertiary/aromatic N) is 1. The number of hydrogen-bond acceptors (Lipinski definition) is 2. The van der Waals surface area contributed by atoms with Gasteiger partial charge in [0.15, 0.2) is 0 Å². The highest BCUT2D eigenvalue weighted by atomic mass is 15.2. The van der Waals surface area contributed by atoms with Crippen LogP contribution in [0.4, 0.5) is 0 Å². The van der Waals surface area contributed by atoms with Crippen LogP contribution in [0, 0.1) is 12.3 Å². The Hall–Kier alpha value is -0.860. The van der Waals surface area contributed by atoms with Crippen LogP contribution in [0.5, 0.6) is 0 Å². The Kier molecular flexibility index (Phi) is 5.83. The zero-order valence-corrected chi connectivity index (χ0v) is 14.3. The topological polar surface area (TPSA) is 15.3 Å². The summed E-state index contributed by atoms with van der Waals surface area (Å²) in [5.74, 6) is 0. The zero-order chi connectivity index (χ0) is 15.3. The Morgan fingerprint density at radius 1 is 1.19 bits per heavy atom. The lowest BCUT2D eigenvalue weighted by molar-refractivity contribution is 0.225. The monoisotopic (exact) mass is 288 g/mol. The molecule has 2 nitrogen and oxygen atoms in total. The Morgan fingerprint density at radius 2 is 1.90 bits per heavy atom. The zero-order valence-electron chi connectivity index (χ0n) is 14.3. The lowest BCUT2D eigenvalue weighted by Gasteiger charge is -2.29. The predicted octanol–water partition coefficient (Wildman–Crippen LogP) is 4.16. The molecule has 2 rings (SSSR count). The van der Waals surface area contributed by atoms with Crippen molar-refractivity contribution in [1.82, 2.24) is 10.2 Å². The van der Waals surface area contributed by atoms with Crippen LogP contribution in [0.1, 0.15) is 57.2 Å². The molecule has 1 fully saturated rings. The second-order valence-electron chi connectivity index (χ2n) is 6.66. The number of rotatable bonds is 7. The molecule has 1 aromatic rings. The molecule has 0 radical (unpaired) electrons. The number of likely N-dealkylation sites (N-methyl/N-ethyl adjacent to an activating group) is 1. The summed E-state index contributed by atoms with van der Waals surface area (Å²) in [6.45, 7) is 13.8. The van der Waals surface area contributed by atoms with Crippen LogP contribution >= 0.6 is 0 Å². The number of benzene rings is 1. The van der Waals surface area contributed by atoms with E-state index in [1.54, 1.807) is 0 Å². The van der Waals surface area contributed by atoms with Crippen LogP contribution in [0.2, 0.25) is 0 Å². The highest BCUT2D eigenvalue weighted by Gasteiger charge is 2.35. The average molecular weight is 288 g/mol. The summed E-state index contributed by atoms with van der Waals surface area (Å²) in [7, 11) is 0. The Bertz CT molecular complexity index is 437. The van der Waals surface area contributed by atoms with Gasteiger partial charge in [-0.15, -0.1) is 0 Å². The molecule has 0 saturated carbocycles. The van der Waals surface area contributed by atoms with Gasteiger partial charge in [-0.25, -0.2) is 0 Å². The maximum Gasteiger partial charge on any atom is 0.0451 e. The van der Waals surface area contributed by atoms with E-state index in [0.29, 0.717) is 11.5 Å². The average Bonchev–Trinajstić information content (AvgIpc) is 2.91. The van der Waals surface area contributed by atoms with Crippen molar-refractivity contribution in [2.45, 2.75) is 53.0 Å². The summed E-state index contributed by atoms with van der Waals surface area (Å²) < 4.78 is 0. The van der Waals surface area contributed by atoms with Crippen molar-refractivity contribution in [1.29, 1.82) is 0 Å². The minimum atomic E-state index is 0.459. The fourth-order valence-electron chi connectivity index (χ4n) is 3.77. The van der Waals surface area contributed by atoms with Crippen molar-refractivity contribution in [3.8, 4) is 0 Å². The van der Waals surface area contributed by atoms with Gasteiger partial charge in [-0.05, 0) is 55.8 Å². The fraction of sp³-hybridized carbons (Fsp3) is 0.684. The molecule has 0 aromatic heterocycles. The predicted molar refractivity (Wildman–Crippen MR) is 91.7 cm³/mol. The molecule has 1 unspecified atom stereocenters.